The van der Waals surface area contributed by atoms with Gasteiger partial charge in [-0.2, -0.15) is 0 Å². The van der Waals surface area contributed by atoms with Crippen LogP contribution in [0.5, 0.6) is 0 Å². The molecule has 2 atom stereocenters. The number of morpholine rings is 1. The monoisotopic (exact) mass is 199 g/mol. The van der Waals surface area contributed by atoms with E-state index in [1.165, 1.54) is 0 Å². The van der Waals surface area contributed by atoms with Crippen molar-refractivity contribution in [1.82, 2.24) is 5.32 Å². The highest BCUT2D eigenvalue weighted by atomic mass is 16.5. The summed E-state index contributed by atoms with van der Waals surface area (Å²) in [5.74, 6) is 0.283. The summed E-state index contributed by atoms with van der Waals surface area (Å²) in [5, 5.41) is 3.17. The summed E-state index contributed by atoms with van der Waals surface area (Å²) in [7, 11) is 0. The highest BCUT2D eigenvalue weighted by Gasteiger charge is 2.30. The first-order valence-corrected chi connectivity index (χ1v) is 5.32. The second-order valence-electron chi connectivity index (χ2n) is 3.88. The molecule has 2 unspecified atom stereocenters. The molecule has 2 heterocycles. The molecule has 1 N–H and O–H groups in total. The molecule has 0 aromatic heterocycles. The molecule has 4 nitrogen and oxygen atoms in total. The van der Waals surface area contributed by atoms with Crippen LogP contribution in [0.3, 0.4) is 0 Å². The van der Waals surface area contributed by atoms with Gasteiger partial charge in [0, 0.05) is 25.6 Å². The molecule has 0 saturated carbocycles. The topological polar surface area (TPSA) is 47.6 Å². The van der Waals surface area contributed by atoms with E-state index >= 15 is 0 Å². The van der Waals surface area contributed by atoms with Gasteiger partial charge in [-0.1, -0.05) is 0 Å². The Morgan fingerprint density at radius 1 is 1.36 bits per heavy atom. The van der Waals surface area contributed by atoms with Crippen molar-refractivity contribution < 1.29 is 14.3 Å². The predicted octanol–water partition coefficient (Wildman–Crippen LogP) is -0.0295. The zero-order valence-electron chi connectivity index (χ0n) is 8.33. The Hall–Kier alpha value is -0.450. The van der Waals surface area contributed by atoms with Crippen molar-refractivity contribution in [2.24, 2.45) is 5.92 Å². The van der Waals surface area contributed by atoms with E-state index < -0.39 is 0 Å². The summed E-state index contributed by atoms with van der Waals surface area (Å²) < 4.78 is 10.7. The van der Waals surface area contributed by atoms with Gasteiger partial charge >= 0.3 is 0 Å². The summed E-state index contributed by atoms with van der Waals surface area (Å²) in [4.78, 5) is 11.9. The molecule has 0 bridgehead atoms. The van der Waals surface area contributed by atoms with Gasteiger partial charge < -0.3 is 14.8 Å². The molecule has 4 heteroatoms. The van der Waals surface area contributed by atoms with Crippen LogP contribution in [0.25, 0.3) is 0 Å². The van der Waals surface area contributed by atoms with Crippen LogP contribution in [-0.4, -0.2) is 44.8 Å². The van der Waals surface area contributed by atoms with E-state index in [2.05, 4.69) is 5.32 Å². The Balaban J connectivity index is 1.85. The van der Waals surface area contributed by atoms with Crippen molar-refractivity contribution in [3.63, 3.8) is 0 Å². The predicted molar refractivity (Wildman–Crippen MR) is 51.2 cm³/mol. The fourth-order valence-corrected chi connectivity index (χ4v) is 1.98. The average Bonchev–Trinajstić information content (AvgIpc) is 2.30. The molecule has 0 radical (unpaired) electrons. The quantitative estimate of drug-likeness (QED) is 0.678. The van der Waals surface area contributed by atoms with Crippen LogP contribution in [0, 0.1) is 5.92 Å². The number of nitrogens with one attached hydrogen (secondary N) is 1. The van der Waals surface area contributed by atoms with Gasteiger partial charge in [-0.05, 0) is 12.8 Å². The van der Waals surface area contributed by atoms with E-state index in [1.54, 1.807) is 0 Å². The van der Waals surface area contributed by atoms with Gasteiger partial charge in [0.1, 0.15) is 6.10 Å². The van der Waals surface area contributed by atoms with Crippen molar-refractivity contribution in [1.29, 1.82) is 0 Å². The van der Waals surface area contributed by atoms with E-state index in [0.717, 1.165) is 26.0 Å². The molecule has 2 aliphatic rings. The molecule has 0 spiro atoms. The molecule has 0 aliphatic carbocycles. The lowest BCUT2D eigenvalue weighted by molar-refractivity contribution is -0.140. The SMILES string of the molecule is O=C(C1CCCOC1)C1CNCCO1. The van der Waals surface area contributed by atoms with Crippen LogP contribution < -0.4 is 5.32 Å². The van der Waals surface area contributed by atoms with Crippen molar-refractivity contribution in [3.8, 4) is 0 Å². The first-order chi connectivity index (χ1) is 6.88. The highest BCUT2D eigenvalue weighted by molar-refractivity contribution is 5.86. The molecule has 0 aromatic carbocycles. The lowest BCUT2D eigenvalue weighted by Gasteiger charge is -2.28. The number of hydrogen-bond acceptors (Lipinski definition) is 4. The van der Waals surface area contributed by atoms with Crippen LogP contribution in [0.4, 0.5) is 0 Å². The summed E-state index contributed by atoms with van der Waals surface area (Å²) in [6, 6.07) is 0. The van der Waals surface area contributed by atoms with Gasteiger partial charge in [-0.3, -0.25) is 4.79 Å². The second-order valence-corrected chi connectivity index (χ2v) is 3.88. The van der Waals surface area contributed by atoms with Crippen molar-refractivity contribution >= 4 is 5.78 Å². The molecule has 14 heavy (non-hydrogen) atoms. The Bertz CT molecular complexity index is 176. The third-order valence-corrected chi connectivity index (χ3v) is 2.81. The van der Waals surface area contributed by atoms with E-state index in [-0.39, 0.29) is 17.8 Å². The van der Waals surface area contributed by atoms with E-state index in [4.69, 9.17) is 9.47 Å². The zero-order valence-corrected chi connectivity index (χ0v) is 8.33. The van der Waals surface area contributed by atoms with Gasteiger partial charge in [0.2, 0.25) is 0 Å². The van der Waals surface area contributed by atoms with E-state index in [0.29, 0.717) is 19.8 Å². The average molecular weight is 199 g/mol. The van der Waals surface area contributed by atoms with Gasteiger partial charge in [-0.25, -0.2) is 0 Å². The number of carbonyl (C=O) groups excluding carboxylic acids is 1. The fraction of sp³-hybridized carbons (Fsp3) is 0.900. The third kappa shape index (κ3) is 2.32. The largest absolute Gasteiger partial charge is 0.381 e. The van der Waals surface area contributed by atoms with Crippen molar-refractivity contribution in [2.75, 3.05) is 32.9 Å². The van der Waals surface area contributed by atoms with Gasteiger partial charge in [-0.15, -0.1) is 0 Å². The van der Waals surface area contributed by atoms with Crippen molar-refractivity contribution in [3.05, 3.63) is 0 Å². The molecular formula is C10H17NO3. The standard InChI is InChI=1S/C10H17NO3/c12-10(8-2-1-4-13-7-8)9-6-11-3-5-14-9/h8-9,11H,1-7H2. The lowest BCUT2D eigenvalue weighted by Crippen LogP contribution is -2.46. The molecule has 2 rings (SSSR count). The van der Waals surface area contributed by atoms with Crippen molar-refractivity contribution in [2.45, 2.75) is 18.9 Å². The maximum atomic E-state index is 11.9. The Kier molecular flexibility index (Phi) is 3.50. The summed E-state index contributed by atoms with van der Waals surface area (Å²) in [6.07, 6.45) is 1.71. The zero-order chi connectivity index (χ0) is 9.80. The van der Waals surface area contributed by atoms with Crippen LogP contribution in [0.1, 0.15) is 12.8 Å². The first kappa shape index (κ1) is 10.1. The minimum atomic E-state index is -0.240. The van der Waals surface area contributed by atoms with Crippen LogP contribution in [-0.2, 0) is 14.3 Å². The highest BCUT2D eigenvalue weighted by Crippen LogP contribution is 2.17. The number of carbonyl (C=O) groups is 1. The smallest absolute Gasteiger partial charge is 0.168 e. The van der Waals surface area contributed by atoms with Gasteiger partial charge in [0.25, 0.3) is 0 Å². The van der Waals surface area contributed by atoms with Crippen LogP contribution in [0.15, 0.2) is 0 Å². The van der Waals surface area contributed by atoms with Crippen LogP contribution >= 0.6 is 0 Å². The Labute approximate surface area is 84.0 Å². The summed E-state index contributed by atoms with van der Waals surface area (Å²) in [6.45, 7) is 3.54. The summed E-state index contributed by atoms with van der Waals surface area (Å²) in [5.41, 5.74) is 0. The Morgan fingerprint density at radius 2 is 2.29 bits per heavy atom. The number of Topliss-reactive ketones (excluding diaryl/α,β-unsaturated/α-hetero) is 1. The molecule has 0 aromatic rings. The summed E-state index contributed by atoms with van der Waals surface area (Å²) >= 11 is 0. The third-order valence-electron chi connectivity index (χ3n) is 2.81. The molecule has 80 valence electrons. The lowest BCUT2D eigenvalue weighted by atomic mass is 9.93. The molecule has 2 fully saturated rings. The first-order valence-electron chi connectivity index (χ1n) is 5.32. The molecule has 2 saturated heterocycles. The number of ketones is 1. The van der Waals surface area contributed by atoms with E-state index in [9.17, 15) is 4.79 Å². The maximum absolute atomic E-state index is 11.9. The van der Waals surface area contributed by atoms with E-state index in [1.807, 2.05) is 0 Å². The fourth-order valence-electron chi connectivity index (χ4n) is 1.98. The molecular weight excluding hydrogens is 182 g/mol. The maximum Gasteiger partial charge on any atom is 0.168 e. The molecule has 2 aliphatic heterocycles. The Morgan fingerprint density at radius 3 is 2.93 bits per heavy atom. The number of rotatable bonds is 2. The minimum absolute atomic E-state index is 0.0636. The minimum Gasteiger partial charge on any atom is -0.381 e. The van der Waals surface area contributed by atoms with Gasteiger partial charge in [0.05, 0.1) is 13.2 Å². The number of hydrogen-bond donors (Lipinski definition) is 1. The normalized spacial score (nSPS) is 34.0. The van der Waals surface area contributed by atoms with Crippen LogP contribution in [0.2, 0.25) is 0 Å². The number of ether oxygens (including phenoxy) is 2. The molecule has 0 amide bonds. The van der Waals surface area contributed by atoms with Gasteiger partial charge in [0.15, 0.2) is 5.78 Å². The second kappa shape index (κ2) is 4.87.